The van der Waals surface area contributed by atoms with E-state index in [4.69, 9.17) is 0 Å². The number of nitrogens with one attached hydrogen (secondary N) is 1. The number of hydrogen-bond donors (Lipinski definition) is 1. The van der Waals surface area contributed by atoms with Gasteiger partial charge in [0.05, 0.1) is 15.1 Å². The summed E-state index contributed by atoms with van der Waals surface area (Å²) in [5, 5.41) is 0. The quantitative estimate of drug-likeness (QED) is 0.919. The first-order chi connectivity index (χ1) is 11.0. The maximum absolute atomic E-state index is 12.7. The smallest absolute Gasteiger partial charge is 0.299 e. The number of sulfonamides is 1. The Kier molecular flexibility index (Phi) is 3.62. The number of hydrogen-bond acceptors (Lipinski definition) is 4. The molecule has 2 bridgehead atoms. The highest BCUT2D eigenvalue weighted by Crippen LogP contribution is 2.44. The molecule has 1 aromatic carbocycles. The van der Waals surface area contributed by atoms with Crippen molar-refractivity contribution in [3.05, 3.63) is 27.9 Å². The SMILES string of the molecule is CCn1c(=O)sc2cc(S(=O)(=O)N[C@@H]3C[C@H]4CC[C@@H]3C4)ccc21. The maximum atomic E-state index is 12.7. The van der Waals surface area contributed by atoms with E-state index in [9.17, 15) is 13.2 Å². The van der Waals surface area contributed by atoms with Gasteiger partial charge in [-0.15, -0.1) is 0 Å². The van der Waals surface area contributed by atoms with Gasteiger partial charge in [-0.1, -0.05) is 17.8 Å². The fourth-order valence-electron chi connectivity index (χ4n) is 4.17. The molecule has 124 valence electrons. The second kappa shape index (κ2) is 5.43. The van der Waals surface area contributed by atoms with Crippen LogP contribution in [0.3, 0.4) is 0 Å². The molecule has 2 saturated carbocycles. The number of nitrogens with zero attached hydrogens (tertiary/aromatic N) is 1. The molecule has 1 aromatic heterocycles. The Morgan fingerprint density at radius 2 is 2.13 bits per heavy atom. The zero-order valence-corrected chi connectivity index (χ0v) is 14.6. The molecule has 0 spiro atoms. The minimum atomic E-state index is -3.52. The lowest BCUT2D eigenvalue weighted by molar-refractivity contribution is 0.390. The van der Waals surface area contributed by atoms with Gasteiger partial charge in [-0.05, 0) is 56.2 Å². The van der Waals surface area contributed by atoms with Gasteiger partial charge in [-0.25, -0.2) is 13.1 Å². The van der Waals surface area contributed by atoms with Crippen molar-refractivity contribution in [3.8, 4) is 0 Å². The molecule has 0 aliphatic heterocycles. The summed E-state index contributed by atoms with van der Waals surface area (Å²) in [6, 6.07) is 5.05. The van der Waals surface area contributed by atoms with Crippen molar-refractivity contribution >= 4 is 31.6 Å². The molecular formula is C16H20N2O3S2. The molecule has 1 heterocycles. The normalized spacial score (nSPS) is 27.1. The average Bonchev–Trinajstić information content (AvgIpc) is 3.18. The standard InChI is InChI=1S/C16H20N2O3S2/c1-2-18-14-6-5-12(9-15(14)22-16(18)19)23(20,21)17-13-8-10-3-4-11(13)7-10/h5-6,9-11,13,17H,2-4,7-8H2,1H3/t10-,11+,13+/m0/s1. The Balaban J connectivity index is 1.66. The van der Waals surface area contributed by atoms with Crippen molar-refractivity contribution in [1.29, 1.82) is 0 Å². The predicted octanol–water partition coefficient (Wildman–Crippen LogP) is 2.55. The van der Waals surface area contributed by atoms with Crippen LogP contribution in [-0.4, -0.2) is 19.0 Å². The van der Waals surface area contributed by atoms with Crippen LogP contribution in [0.2, 0.25) is 0 Å². The molecule has 4 rings (SSSR count). The zero-order valence-electron chi connectivity index (χ0n) is 13.0. The molecule has 3 atom stereocenters. The largest absolute Gasteiger partial charge is 0.308 e. The summed E-state index contributed by atoms with van der Waals surface area (Å²) in [5.74, 6) is 1.19. The molecule has 23 heavy (non-hydrogen) atoms. The zero-order chi connectivity index (χ0) is 16.2. The van der Waals surface area contributed by atoms with Crippen LogP contribution < -0.4 is 9.60 Å². The number of benzene rings is 1. The van der Waals surface area contributed by atoms with E-state index in [-0.39, 0.29) is 15.8 Å². The summed E-state index contributed by atoms with van der Waals surface area (Å²) in [6.07, 6.45) is 4.50. The van der Waals surface area contributed by atoms with Gasteiger partial charge >= 0.3 is 4.87 Å². The van der Waals surface area contributed by atoms with Crippen molar-refractivity contribution in [2.45, 2.75) is 50.1 Å². The molecule has 0 radical (unpaired) electrons. The minimum Gasteiger partial charge on any atom is -0.299 e. The first kappa shape index (κ1) is 15.4. The lowest BCUT2D eigenvalue weighted by atomic mass is 9.96. The van der Waals surface area contributed by atoms with Crippen LogP contribution >= 0.6 is 11.3 Å². The van der Waals surface area contributed by atoms with Crippen LogP contribution in [0.1, 0.15) is 32.6 Å². The van der Waals surface area contributed by atoms with E-state index < -0.39 is 10.0 Å². The lowest BCUT2D eigenvalue weighted by Gasteiger charge is -2.22. The molecule has 2 aliphatic carbocycles. The van der Waals surface area contributed by atoms with E-state index in [0.717, 1.165) is 40.8 Å². The second-order valence-electron chi connectivity index (χ2n) is 6.64. The molecule has 5 nitrogen and oxygen atoms in total. The van der Waals surface area contributed by atoms with E-state index in [1.54, 1.807) is 22.8 Å². The third kappa shape index (κ3) is 2.55. The molecule has 2 fully saturated rings. The van der Waals surface area contributed by atoms with Gasteiger partial charge < -0.3 is 0 Å². The van der Waals surface area contributed by atoms with Crippen molar-refractivity contribution < 1.29 is 8.42 Å². The van der Waals surface area contributed by atoms with E-state index >= 15 is 0 Å². The first-order valence-electron chi connectivity index (χ1n) is 8.13. The molecule has 0 saturated heterocycles. The number of aromatic nitrogens is 1. The van der Waals surface area contributed by atoms with Crippen LogP contribution in [0.15, 0.2) is 27.9 Å². The first-order valence-corrected chi connectivity index (χ1v) is 10.4. The summed E-state index contributed by atoms with van der Waals surface area (Å²) in [5.41, 5.74) is 0.807. The fraction of sp³-hybridized carbons (Fsp3) is 0.562. The summed E-state index contributed by atoms with van der Waals surface area (Å²) in [6.45, 7) is 2.50. The van der Waals surface area contributed by atoms with Gasteiger partial charge in [-0.3, -0.25) is 9.36 Å². The highest BCUT2D eigenvalue weighted by atomic mass is 32.2. The monoisotopic (exact) mass is 352 g/mol. The van der Waals surface area contributed by atoms with Crippen LogP contribution in [0.4, 0.5) is 0 Å². The molecule has 2 aromatic rings. The van der Waals surface area contributed by atoms with Gasteiger partial charge in [0, 0.05) is 12.6 Å². The van der Waals surface area contributed by atoms with E-state index in [1.807, 2.05) is 6.92 Å². The van der Waals surface area contributed by atoms with Gasteiger partial charge in [0.25, 0.3) is 0 Å². The van der Waals surface area contributed by atoms with Crippen LogP contribution in [-0.2, 0) is 16.6 Å². The average molecular weight is 352 g/mol. The number of aryl methyl sites for hydroxylation is 1. The number of rotatable bonds is 4. The number of fused-ring (bicyclic) bond motifs is 3. The van der Waals surface area contributed by atoms with Crippen LogP contribution in [0, 0.1) is 11.8 Å². The lowest BCUT2D eigenvalue weighted by Crippen LogP contribution is -2.38. The summed E-state index contributed by atoms with van der Waals surface area (Å²) >= 11 is 1.10. The Labute approximate surface area is 139 Å². The second-order valence-corrected chi connectivity index (χ2v) is 9.35. The third-order valence-corrected chi connectivity index (χ3v) is 7.74. The molecule has 0 unspecified atom stereocenters. The molecule has 0 amide bonds. The summed E-state index contributed by atoms with van der Waals surface area (Å²) in [7, 11) is -3.52. The summed E-state index contributed by atoms with van der Waals surface area (Å²) < 4.78 is 30.6. The Bertz CT molecular complexity index is 913. The van der Waals surface area contributed by atoms with Crippen molar-refractivity contribution in [1.82, 2.24) is 9.29 Å². The Morgan fingerprint density at radius 3 is 2.78 bits per heavy atom. The van der Waals surface area contributed by atoms with Gasteiger partial charge in [-0.2, -0.15) is 0 Å². The van der Waals surface area contributed by atoms with Crippen molar-refractivity contribution in [3.63, 3.8) is 0 Å². The fourth-order valence-corrected chi connectivity index (χ4v) is 6.58. The van der Waals surface area contributed by atoms with Gasteiger partial charge in [0.2, 0.25) is 10.0 Å². The molecule has 2 aliphatic rings. The number of thiazole rings is 1. The molecule has 1 N–H and O–H groups in total. The topological polar surface area (TPSA) is 68.2 Å². The molecule has 7 heteroatoms. The Hall–Kier alpha value is -1.18. The van der Waals surface area contributed by atoms with Gasteiger partial charge in [0.15, 0.2) is 0 Å². The van der Waals surface area contributed by atoms with E-state index in [0.29, 0.717) is 18.4 Å². The van der Waals surface area contributed by atoms with Crippen molar-refractivity contribution in [2.24, 2.45) is 11.8 Å². The predicted molar refractivity (Wildman–Crippen MR) is 91.3 cm³/mol. The van der Waals surface area contributed by atoms with E-state index in [1.165, 1.54) is 6.42 Å². The highest BCUT2D eigenvalue weighted by molar-refractivity contribution is 7.89. The third-order valence-electron chi connectivity index (χ3n) is 5.31. The highest BCUT2D eigenvalue weighted by Gasteiger charge is 2.41. The van der Waals surface area contributed by atoms with Crippen LogP contribution in [0.5, 0.6) is 0 Å². The molecular weight excluding hydrogens is 332 g/mol. The summed E-state index contributed by atoms with van der Waals surface area (Å²) in [4.78, 5) is 12.1. The van der Waals surface area contributed by atoms with Crippen molar-refractivity contribution in [2.75, 3.05) is 0 Å². The van der Waals surface area contributed by atoms with Crippen LogP contribution in [0.25, 0.3) is 10.2 Å². The minimum absolute atomic E-state index is 0.0434. The maximum Gasteiger partial charge on any atom is 0.308 e. The Morgan fingerprint density at radius 1 is 1.30 bits per heavy atom. The van der Waals surface area contributed by atoms with Gasteiger partial charge in [0.1, 0.15) is 0 Å². The van der Waals surface area contributed by atoms with E-state index in [2.05, 4.69) is 4.72 Å².